The quantitative estimate of drug-likeness (QED) is 0.460. The maximum atomic E-state index is 14.7. The molecule has 0 aliphatic carbocycles. The normalized spacial score (nSPS) is 19.4. The first-order valence-corrected chi connectivity index (χ1v) is 12.2. The van der Waals surface area contributed by atoms with E-state index < -0.39 is 11.4 Å². The van der Waals surface area contributed by atoms with Gasteiger partial charge in [-0.05, 0) is 67.7 Å². The third kappa shape index (κ3) is 3.65. The summed E-state index contributed by atoms with van der Waals surface area (Å²) in [6.07, 6.45) is 2.70. The highest BCUT2D eigenvalue weighted by Crippen LogP contribution is 2.34. The second-order valence-corrected chi connectivity index (χ2v) is 9.82. The number of piperidine rings is 1. The van der Waals surface area contributed by atoms with Gasteiger partial charge in [0.1, 0.15) is 22.7 Å². The molecule has 2 aromatic heterocycles. The van der Waals surface area contributed by atoms with Crippen LogP contribution in [0.15, 0.2) is 47.4 Å². The van der Waals surface area contributed by atoms with E-state index in [1.54, 1.807) is 23.0 Å². The fraction of sp³-hybridized carbons (Fsp3) is 0.308. The minimum absolute atomic E-state index is 0.0311. The molecule has 6 rings (SSSR count). The topological polar surface area (TPSA) is 91.8 Å². The predicted octanol–water partition coefficient (Wildman–Crippen LogP) is 3.50. The van der Waals surface area contributed by atoms with Gasteiger partial charge in [0.15, 0.2) is 5.82 Å². The monoisotopic (exact) mass is 503 g/mol. The average Bonchev–Trinajstić information content (AvgIpc) is 3.51. The van der Waals surface area contributed by atoms with E-state index in [1.165, 1.54) is 16.7 Å². The molecule has 182 valence electrons. The van der Waals surface area contributed by atoms with E-state index in [0.717, 1.165) is 43.5 Å². The molecule has 2 aliphatic rings. The number of rotatable bonds is 3. The van der Waals surface area contributed by atoms with Crippen LogP contribution in [0.1, 0.15) is 12.0 Å². The maximum Gasteiger partial charge on any atom is 0.279 e. The number of aryl methyl sites for hydroxylation is 1. The van der Waals surface area contributed by atoms with E-state index in [4.69, 9.17) is 16.6 Å². The molecule has 1 N–H and O–H groups in total. The van der Waals surface area contributed by atoms with Gasteiger partial charge in [-0.3, -0.25) is 14.0 Å². The van der Waals surface area contributed by atoms with Crippen molar-refractivity contribution in [2.24, 2.45) is 18.9 Å². The first-order valence-electron chi connectivity index (χ1n) is 11.8. The third-order valence-corrected chi connectivity index (χ3v) is 7.68. The van der Waals surface area contributed by atoms with Crippen molar-refractivity contribution < 1.29 is 4.39 Å². The number of benzene rings is 2. The summed E-state index contributed by atoms with van der Waals surface area (Å²) < 4.78 is 17.8. The first kappa shape index (κ1) is 22.7. The Morgan fingerprint density at radius 2 is 2.03 bits per heavy atom. The van der Waals surface area contributed by atoms with Gasteiger partial charge < -0.3 is 10.2 Å². The Balaban J connectivity index is 1.55. The van der Waals surface area contributed by atoms with Crippen LogP contribution in [0, 0.1) is 29.0 Å². The number of nitrogens with one attached hydrogen (secondary N) is 1. The smallest absolute Gasteiger partial charge is 0.279 e. The lowest BCUT2D eigenvalue weighted by molar-refractivity contribution is 0.347. The molecule has 10 heteroatoms. The van der Waals surface area contributed by atoms with Gasteiger partial charge in [0.05, 0.1) is 23.0 Å². The highest BCUT2D eigenvalue weighted by molar-refractivity contribution is 6.32. The molecular formula is C26H23ClFN7O. The number of anilines is 1. The zero-order chi connectivity index (χ0) is 25.0. The summed E-state index contributed by atoms with van der Waals surface area (Å²) in [7, 11) is 1.84. The average molecular weight is 504 g/mol. The Bertz CT molecular complexity index is 1600. The van der Waals surface area contributed by atoms with Crippen LogP contribution in [0.25, 0.3) is 28.0 Å². The summed E-state index contributed by atoms with van der Waals surface area (Å²) in [5, 5.41) is 17.8. The van der Waals surface area contributed by atoms with Crippen LogP contribution in [0.5, 0.6) is 0 Å². The minimum Gasteiger partial charge on any atom is -0.355 e. The van der Waals surface area contributed by atoms with E-state index in [0.29, 0.717) is 28.9 Å². The van der Waals surface area contributed by atoms with E-state index in [-0.39, 0.29) is 16.4 Å². The zero-order valence-electron chi connectivity index (χ0n) is 19.6. The number of nitriles is 1. The molecule has 2 saturated heterocycles. The summed E-state index contributed by atoms with van der Waals surface area (Å²) >= 11 is 6.70. The maximum absolute atomic E-state index is 14.7. The molecule has 0 spiro atoms. The number of nitrogens with zero attached hydrogens (tertiary/aromatic N) is 6. The molecule has 2 unspecified atom stereocenters. The van der Waals surface area contributed by atoms with Crippen LogP contribution in [0.2, 0.25) is 5.02 Å². The number of hydrogen-bond acceptors (Lipinski definition) is 6. The lowest BCUT2D eigenvalue weighted by Gasteiger charge is -2.35. The molecule has 2 aromatic carbocycles. The fourth-order valence-corrected chi connectivity index (χ4v) is 5.64. The Kier molecular flexibility index (Phi) is 5.51. The molecular weight excluding hydrogens is 481 g/mol. The molecule has 0 saturated carbocycles. The van der Waals surface area contributed by atoms with Crippen molar-refractivity contribution in [3.05, 3.63) is 69.4 Å². The van der Waals surface area contributed by atoms with Crippen molar-refractivity contribution in [2.75, 3.05) is 31.1 Å². The van der Waals surface area contributed by atoms with E-state index in [9.17, 15) is 14.4 Å². The number of fused-ring (bicyclic) bond motifs is 2. The Labute approximate surface area is 211 Å². The fourth-order valence-electron chi connectivity index (χ4n) is 5.39. The number of hydrogen-bond donors (Lipinski definition) is 1. The molecule has 0 bridgehead atoms. The van der Waals surface area contributed by atoms with Crippen molar-refractivity contribution >= 4 is 28.3 Å². The van der Waals surface area contributed by atoms with Crippen LogP contribution in [-0.2, 0) is 7.05 Å². The minimum atomic E-state index is -0.673. The van der Waals surface area contributed by atoms with Gasteiger partial charge in [-0.25, -0.2) is 9.37 Å². The second-order valence-electron chi connectivity index (χ2n) is 9.44. The van der Waals surface area contributed by atoms with Crippen molar-refractivity contribution in [3.63, 3.8) is 0 Å². The number of aromatic nitrogens is 4. The van der Waals surface area contributed by atoms with Crippen LogP contribution in [0.4, 0.5) is 10.2 Å². The molecule has 8 nitrogen and oxygen atoms in total. The molecule has 4 aromatic rings. The highest BCUT2D eigenvalue weighted by atomic mass is 35.5. The standard InChI is InChI=1S/C26H23ClFN7O/c1-33-22-5-4-20(8-18(22)13-31-33)35-24(15-2-3-16(10-29)21(28)9-15)32-25(23(27)26(35)36)34-7-6-17-11-30-12-19(17)14-34/h2-5,8-9,13,17,19,30H,6-7,11-12,14H2,1H3. The summed E-state index contributed by atoms with van der Waals surface area (Å²) in [6, 6.07) is 11.6. The molecule has 2 aliphatic heterocycles. The molecule has 4 heterocycles. The van der Waals surface area contributed by atoms with Crippen molar-refractivity contribution in [1.29, 1.82) is 5.26 Å². The van der Waals surface area contributed by atoms with Gasteiger partial charge >= 0.3 is 0 Å². The van der Waals surface area contributed by atoms with E-state index in [1.807, 2.05) is 25.2 Å². The summed E-state index contributed by atoms with van der Waals surface area (Å²) in [5.74, 6) is 1.07. The van der Waals surface area contributed by atoms with Gasteiger partial charge in [0.25, 0.3) is 5.56 Å². The van der Waals surface area contributed by atoms with Gasteiger partial charge in [-0.2, -0.15) is 10.4 Å². The lowest BCUT2D eigenvalue weighted by Crippen LogP contribution is -2.41. The largest absolute Gasteiger partial charge is 0.355 e. The van der Waals surface area contributed by atoms with Crippen LogP contribution in [-0.4, -0.2) is 45.5 Å². The van der Waals surface area contributed by atoms with Gasteiger partial charge in [0.2, 0.25) is 0 Å². The molecule has 2 fully saturated rings. The summed E-state index contributed by atoms with van der Waals surface area (Å²) in [6.45, 7) is 3.42. The summed E-state index contributed by atoms with van der Waals surface area (Å²) in [5.41, 5.74) is 1.32. The Morgan fingerprint density at radius 3 is 2.83 bits per heavy atom. The molecule has 2 atom stereocenters. The van der Waals surface area contributed by atoms with Crippen molar-refractivity contribution in [3.8, 4) is 23.1 Å². The first-order chi connectivity index (χ1) is 17.4. The van der Waals surface area contributed by atoms with Crippen LogP contribution in [0.3, 0.4) is 0 Å². The summed E-state index contributed by atoms with van der Waals surface area (Å²) in [4.78, 5) is 20.7. The predicted molar refractivity (Wildman–Crippen MR) is 136 cm³/mol. The second kappa shape index (κ2) is 8.73. The van der Waals surface area contributed by atoms with Crippen LogP contribution < -0.4 is 15.8 Å². The molecule has 36 heavy (non-hydrogen) atoms. The van der Waals surface area contributed by atoms with E-state index in [2.05, 4.69) is 15.3 Å². The highest BCUT2D eigenvalue weighted by Gasteiger charge is 2.34. The van der Waals surface area contributed by atoms with Gasteiger partial charge in [0, 0.05) is 31.1 Å². The molecule has 0 radical (unpaired) electrons. The lowest BCUT2D eigenvalue weighted by atomic mass is 9.89. The Hall–Kier alpha value is -3.74. The van der Waals surface area contributed by atoms with Crippen molar-refractivity contribution in [2.45, 2.75) is 6.42 Å². The number of halogens is 2. The van der Waals surface area contributed by atoms with Crippen molar-refractivity contribution in [1.82, 2.24) is 24.6 Å². The van der Waals surface area contributed by atoms with Gasteiger partial charge in [-0.1, -0.05) is 11.6 Å². The SMILES string of the molecule is Cn1ncc2cc(-n3c(-c4ccc(C#N)c(F)c4)nc(N4CCC5CNCC5C4)c(Cl)c3=O)ccc21. The van der Waals surface area contributed by atoms with Gasteiger partial charge in [-0.15, -0.1) is 0 Å². The van der Waals surface area contributed by atoms with E-state index >= 15 is 0 Å². The Morgan fingerprint density at radius 1 is 1.19 bits per heavy atom. The molecule has 0 amide bonds. The third-order valence-electron chi connectivity index (χ3n) is 7.35. The zero-order valence-corrected chi connectivity index (χ0v) is 20.3. The van der Waals surface area contributed by atoms with Crippen LogP contribution >= 0.6 is 11.6 Å².